The number of hydrogen-bond acceptors (Lipinski definition) is 3. The van der Waals surface area contributed by atoms with Crippen molar-refractivity contribution < 1.29 is 9.90 Å². The molecule has 0 fully saturated rings. The maximum absolute atomic E-state index is 11.8. The van der Waals surface area contributed by atoms with Crippen molar-refractivity contribution in [3.63, 3.8) is 0 Å². The summed E-state index contributed by atoms with van der Waals surface area (Å²) >= 11 is 11.5. The van der Waals surface area contributed by atoms with Gasteiger partial charge in [0.1, 0.15) is 5.75 Å². The van der Waals surface area contributed by atoms with E-state index in [-0.39, 0.29) is 5.75 Å². The molecule has 0 atom stereocenters. The smallest absolute Gasteiger partial charge is 0.271 e. The summed E-state index contributed by atoms with van der Waals surface area (Å²) in [5, 5.41) is 14.3. The molecule has 2 aromatic rings. The Morgan fingerprint density at radius 2 is 1.90 bits per heavy atom. The lowest BCUT2D eigenvalue weighted by molar-refractivity contribution is 0.0955. The van der Waals surface area contributed by atoms with E-state index in [1.807, 2.05) is 0 Å². The minimum Gasteiger partial charge on any atom is -0.507 e. The molecule has 0 radical (unpaired) electrons. The monoisotopic (exact) mass is 308 g/mol. The maximum Gasteiger partial charge on any atom is 0.271 e. The quantitative estimate of drug-likeness (QED) is 0.674. The highest BCUT2D eigenvalue weighted by Crippen LogP contribution is 2.20. The van der Waals surface area contributed by atoms with Crippen molar-refractivity contribution in [2.24, 2.45) is 5.10 Å². The van der Waals surface area contributed by atoms with Crippen molar-refractivity contribution in [3.05, 3.63) is 63.6 Å². The molecular formula is C14H10Cl2N2O2. The zero-order valence-corrected chi connectivity index (χ0v) is 11.7. The van der Waals surface area contributed by atoms with E-state index >= 15 is 0 Å². The van der Waals surface area contributed by atoms with Crippen LogP contribution in [0.3, 0.4) is 0 Å². The molecule has 1 amide bonds. The first-order chi connectivity index (χ1) is 9.56. The minimum absolute atomic E-state index is 0.0155. The number of carbonyl (C=O) groups excluding carboxylic acids is 1. The average Bonchev–Trinajstić information content (AvgIpc) is 2.41. The van der Waals surface area contributed by atoms with Crippen LogP contribution in [-0.4, -0.2) is 17.2 Å². The number of benzene rings is 2. The number of hydrogen-bond donors (Lipinski definition) is 2. The Balaban J connectivity index is 2.04. The number of amides is 1. The van der Waals surface area contributed by atoms with Crippen molar-refractivity contribution >= 4 is 35.3 Å². The standard InChI is InChI=1S/C14H10Cl2N2O2/c15-11-3-1-2-9(6-11)14(20)18-17-8-10-4-5-12(16)7-13(10)19/h1-8,19H,(H,18,20)/b17-8+. The summed E-state index contributed by atoms with van der Waals surface area (Å²) in [5.74, 6) is -0.407. The number of rotatable bonds is 3. The molecule has 4 nitrogen and oxygen atoms in total. The van der Waals surface area contributed by atoms with Gasteiger partial charge >= 0.3 is 0 Å². The first-order valence-corrected chi connectivity index (χ1v) is 6.39. The number of nitrogens with zero attached hydrogens (tertiary/aromatic N) is 1. The van der Waals surface area contributed by atoms with Crippen molar-refractivity contribution in [2.45, 2.75) is 0 Å². The molecule has 0 aliphatic rings. The second-order valence-corrected chi connectivity index (χ2v) is 4.79. The largest absolute Gasteiger partial charge is 0.507 e. The van der Waals surface area contributed by atoms with Crippen molar-refractivity contribution in [1.29, 1.82) is 0 Å². The Bertz CT molecular complexity index is 672. The Morgan fingerprint density at radius 1 is 1.15 bits per heavy atom. The van der Waals surface area contributed by atoms with Crippen molar-refractivity contribution in [2.75, 3.05) is 0 Å². The zero-order chi connectivity index (χ0) is 14.5. The molecule has 0 aromatic heterocycles. The molecular weight excluding hydrogens is 299 g/mol. The highest BCUT2D eigenvalue weighted by atomic mass is 35.5. The van der Waals surface area contributed by atoms with Crippen LogP contribution in [-0.2, 0) is 0 Å². The van der Waals surface area contributed by atoms with Gasteiger partial charge in [-0.3, -0.25) is 4.79 Å². The van der Waals surface area contributed by atoms with E-state index in [1.165, 1.54) is 18.3 Å². The van der Waals surface area contributed by atoms with Crippen LogP contribution < -0.4 is 5.43 Å². The summed E-state index contributed by atoms with van der Waals surface area (Å²) in [6, 6.07) is 11.1. The molecule has 0 saturated heterocycles. The van der Waals surface area contributed by atoms with E-state index in [0.29, 0.717) is 21.2 Å². The summed E-state index contributed by atoms with van der Waals surface area (Å²) in [6.07, 6.45) is 1.33. The molecule has 6 heteroatoms. The lowest BCUT2D eigenvalue weighted by Gasteiger charge is -2.01. The Kier molecular flexibility index (Phi) is 4.61. The highest BCUT2D eigenvalue weighted by molar-refractivity contribution is 6.31. The number of aromatic hydroxyl groups is 1. The fourth-order valence-electron chi connectivity index (χ4n) is 1.48. The topological polar surface area (TPSA) is 61.7 Å². The van der Waals surface area contributed by atoms with E-state index < -0.39 is 5.91 Å². The molecule has 0 heterocycles. The van der Waals surface area contributed by atoms with Crippen LogP contribution in [0.25, 0.3) is 0 Å². The van der Waals surface area contributed by atoms with Gasteiger partial charge in [0.15, 0.2) is 0 Å². The number of phenolic OH excluding ortho intramolecular Hbond substituents is 1. The van der Waals surface area contributed by atoms with Crippen LogP contribution >= 0.6 is 23.2 Å². The Labute approximate surface area is 125 Å². The van der Waals surface area contributed by atoms with Gasteiger partial charge in [-0.2, -0.15) is 5.10 Å². The van der Waals surface area contributed by atoms with E-state index in [1.54, 1.807) is 30.3 Å². The number of phenols is 1. The van der Waals surface area contributed by atoms with E-state index in [2.05, 4.69) is 10.5 Å². The molecule has 0 spiro atoms. The third kappa shape index (κ3) is 3.73. The maximum atomic E-state index is 11.8. The van der Waals surface area contributed by atoms with Gasteiger partial charge in [0.2, 0.25) is 0 Å². The predicted octanol–water partition coefficient (Wildman–Crippen LogP) is 3.46. The lowest BCUT2D eigenvalue weighted by atomic mass is 10.2. The average molecular weight is 309 g/mol. The number of nitrogens with one attached hydrogen (secondary N) is 1. The fraction of sp³-hybridized carbons (Fsp3) is 0. The summed E-state index contributed by atoms with van der Waals surface area (Å²) in [4.78, 5) is 11.8. The van der Waals surface area contributed by atoms with E-state index in [0.717, 1.165) is 0 Å². The molecule has 102 valence electrons. The van der Waals surface area contributed by atoms with Crippen LogP contribution in [0, 0.1) is 0 Å². The first kappa shape index (κ1) is 14.4. The van der Waals surface area contributed by atoms with Gasteiger partial charge in [0.25, 0.3) is 5.91 Å². The van der Waals surface area contributed by atoms with Gasteiger partial charge in [-0.15, -0.1) is 0 Å². The molecule has 2 N–H and O–H groups in total. The zero-order valence-electron chi connectivity index (χ0n) is 10.2. The molecule has 0 aliphatic heterocycles. The molecule has 20 heavy (non-hydrogen) atoms. The Hall–Kier alpha value is -2.04. The van der Waals surface area contributed by atoms with Gasteiger partial charge in [-0.05, 0) is 36.4 Å². The molecule has 0 saturated carbocycles. The number of hydrazone groups is 1. The number of halogens is 2. The summed E-state index contributed by atoms with van der Waals surface area (Å²) in [6.45, 7) is 0. The fourth-order valence-corrected chi connectivity index (χ4v) is 1.84. The number of carbonyl (C=O) groups is 1. The highest BCUT2D eigenvalue weighted by Gasteiger charge is 2.04. The first-order valence-electron chi connectivity index (χ1n) is 5.64. The predicted molar refractivity (Wildman–Crippen MR) is 79.6 cm³/mol. The normalized spacial score (nSPS) is 10.7. The molecule has 0 bridgehead atoms. The van der Waals surface area contributed by atoms with Gasteiger partial charge in [-0.25, -0.2) is 5.43 Å². The van der Waals surface area contributed by atoms with E-state index in [9.17, 15) is 9.90 Å². The minimum atomic E-state index is -0.391. The van der Waals surface area contributed by atoms with Gasteiger partial charge in [0.05, 0.1) is 6.21 Å². The summed E-state index contributed by atoms with van der Waals surface area (Å²) < 4.78 is 0. The summed E-state index contributed by atoms with van der Waals surface area (Å²) in [7, 11) is 0. The van der Waals surface area contributed by atoms with Gasteiger partial charge < -0.3 is 5.11 Å². The molecule has 2 rings (SSSR count). The van der Waals surface area contributed by atoms with Crippen LogP contribution in [0.5, 0.6) is 5.75 Å². The van der Waals surface area contributed by atoms with Gasteiger partial charge in [-0.1, -0.05) is 29.3 Å². The molecule has 2 aromatic carbocycles. The van der Waals surface area contributed by atoms with Crippen molar-refractivity contribution in [3.8, 4) is 5.75 Å². The van der Waals surface area contributed by atoms with Crippen LogP contribution in [0.2, 0.25) is 10.0 Å². The third-order valence-corrected chi connectivity index (χ3v) is 2.92. The van der Waals surface area contributed by atoms with Crippen LogP contribution in [0.15, 0.2) is 47.6 Å². The second kappa shape index (κ2) is 6.41. The SMILES string of the molecule is O=C(N/N=C/c1ccc(Cl)cc1O)c1cccc(Cl)c1. The van der Waals surface area contributed by atoms with Crippen LogP contribution in [0.4, 0.5) is 0 Å². The molecule has 0 unspecified atom stereocenters. The van der Waals surface area contributed by atoms with Crippen molar-refractivity contribution in [1.82, 2.24) is 5.43 Å². The summed E-state index contributed by atoms with van der Waals surface area (Å²) in [5.41, 5.74) is 3.19. The van der Waals surface area contributed by atoms with Gasteiger partial charge in [0, 0.05) is 21.2 Å². The third-order valence-electron chi connectivity index (χ3n) is 2.45. The van der Waals surface area contributed by atoms with E-state index in [4.69, 9.17) is 23.2 Å². The molecule has 0 aliphatic carbocycles. The van der Waals surface area contributed by atoms with Crippen LogP contribution in [0.1, 0.15) is 15.9 Å². The Morgan fingerprint density at radius 3 is 2.60 bits per heavy atom. The second-order valence-electron chi connectivity index (χ2n) is 3.91. The lowest BCUT2D eigenvalue weighted by Crippen LogP contribution is -2.17.